The van der Waals surface area contributed by atoms with E-state index in [2.05, 4.69) is 21.8 Å². The third kappa shape index (κ3) is 5.28. The lowest BCUT2D eigenvalue weighted by molar-refractivity contribution is -0.137. The van der Waals surface area contributed by atoms with Gasteiger partial charge in [-0.1, -0.05) is 37.2 Å². The van der Waals surface area contributed by atoms with Crippen molar-refractivity contribution < 1.29 is 18.0 Å². The van der Waals surface area contributed by atoms with Gasteiger partial charge in [0.15, 0.2) is 5.16 Å². The van der Waals surface area contributed by atoms with Crippen LogP contribution in [0.2, 0.25) is 0 Å². The fraction of sp³-hybridized carbons (Fsp3) is 0.474. The first-order valence-electron chi connectivity index (χ1n) is 8.82. The van der Waals surface area contributed by atoms with E-state index < -0.39 is 22.9 Å². The fourth-order valence-electron chi connectivity index (χ4n) is 2.58. The third-order valence-electron chi connectivity index (χ3n) is 4.30. The van der Waals surface area contributed by atoms with Crippen molar-refractivity contribution in [3.8, 4) is 0 Å². The molecule has 0 saturated heterocycles. The summed E-state index contributed by atoms with van der Waals surface area (Å²) in [5.74, 6) is -0.489. The molecule has 148 valence electrons. The molecule has 1 heterocycles. The maximum Gasteiger partial charge on any atom is 0.418 e. The molecular formula is C19H24F3N3OS. The number of nitrogens with zero attached hydrogens (tertiary/aromatic N) is 2. The van der Waals surface area contributed by atoms with E-state index in [1.165, 1.54) is 30.0 Å². The van der Waals surface area contributed by atoms with E-state index in [0.29, 0.717) is 5.16 Å². The van der Waals surface area contributed by atoms with E-state index >= 15 is 0 Å². The number of carbonyl (C=O) groups is 1. The average molecular weight is 399 g/mol. The van der Waals surface area contributed by atoms with Gasteiger partial charge in [-0.05, 0) is 39.3 Å². The lowest BCUT2D eigenvalue weighted by atomic mass is 10.1. The van der Waals surface area contributed by atoms with E-state index in [4.69, 9.17) is 0 Å². The van der Waals surface area contributed by atoms with E-state index in [9.17, 15) is 18.0 Å². The summed E-state index contributed by atoms with van der Waals surface area (Å²) >= 11 is 1.25. The van der Waals surface area contributed by atoms with Gasteiger partial charge in [-0.15, -0.1) is 0 Å². The zero-order valence-corrected chi connectivity index (χ0v) is 16.7. The van der Waals surface area contributed by atoms with Gasteiger partial charge in [0.1, 0.15) is 0 Å². The van der Waals surface area contributed by atoms with E-state index in [1.54, 1.807) is 6.92 Å². The highest BCUT2D eigenvalue weighted by molar-refractivity contribution is 8.00. The molecule has 0 aliphatic rings. The van der Waals surface area contributed by atoms with Crippen molar-refractivity contribution >= 4 is 23.4 Å². The van der Waals surface area contributed by atoms with Gasteiger partial charge in [-0.3, -0.25) is 4.79 Å². The second-order valence-corrected chi connectivity index (χ2v) is 7.67. The van der Waals surface area contributed by atoms with Gasteiger partial charge in [-0.25, -0.2) is 4.98 Å². The van der Waals surface area contributed by atoms with Crippen LogP contribution in [-0.4, -0.2) is 20.7 Å². The van der Waals surface area contributed by atoms with Crippen LogP contribution in [0, 0.1) is 13.8 Å². The first-order valence-corrected chi connectivity index (χ1v) is 9.70. The second-order valence-electron chi connectivity index (χ2n) is 6.36. The Bertz CT molecular complexity index is 802. The van der Waals surface area contributed by atoms with Crippen LogP contribution in [0.25, 0.3) is 0 Å². The number of hydrogen-bond acceptors (Lipinski definition) is 3. The number of carbonyl (C=O) groups excluding carboxylic acids is 1. The highest BCUT2D eigenvalue weighted by Gasteiger charge is 2.34. The molecule has 0 bridgehead atoms. The number of hydrogen-bond donors (Lipinski definition) is 1. The summed E-state index contributed by atoms with van der Waals surface area (Å²) in [6, 6.07) is 4.98. The standard InChI is InChI=1S/C19H24F3N3OS/c1-5-6-11-25-13(3)12(2)23-18(25)27-14(4)17(26)24-16-10-8-7-9-15(16)19(20,21)22/h7-10,14H,5-6,11H2,1-4H3,(H,24,26). The summed E-state index contributed by atoms with van der Waals surface area (Å²) in [6.07, 6.45) is -2.50. The predicted octanol–water partition coefficient (Wildman–Crippen LogP) is 5.44. The van der Waals surface area contributed by atoms with Crippen molar-refractivity contribution in [3.63, 3.8) is 0 Å². The largest absolute Gasteiger partial charge is 0.418 e. The Morgan fingerprint density at radius 2 is 1.96 bits per heavy atom. The molecule has 0 aliphatic heterocycles. The van der Waals surface area contributed by atoms with Gasteiger partial charge >= 0.3 is 6.18 Å². The number of unbranched alkanes of at least 4 members (excludes halogenated alkanes) is 1. The van der Waals surface area contributed by atoms with Crippen LogP contribution in [0.3, 0.4) is 0 Å². The number of thioether (sulfide) groups is 1. The first-order chi connectivity index (χ1) is 12.6. The number of para-hydroxylation sites is 1. The summed E-state index contributed by atoms with van der Waals surface area (Å²) < 4.78 is 41.4. The monoisotopic (exact) mass is 399 g/mol. The Labute approximate surface area is 161 Å². The minimum Gasteiger partial charge on any atom is -0.325 e. The highest BCUT2D eigenvalue weighted by atomic mass is 32.2. The smallest absolute Gasteiger partial charge is 0.325 e. The van der Waals surface area contributed by atoms with Crippen molar-refractivity contribution in [2.24, 2.45) is 0 Å². The predicted molar refractivity (Wildman–Crippen MR) is 102 cm³/mol. The van der Waals surface area contributed by atoms with Gasteiger partial charge in [0, 0.05) is 12.2 Å². The molecule has 1 aromatic heterocycles. The van der Waals surface area contributed by atoms with Crippen LogP contribution in [0.4, 0.5) is 18.9 Å². The summed E-state index contributed by atoms with van der Waals surface area (Å²) in [5, 5.41) is 2.53. The zero-order chi connectivity index (χ0) is 20.2. The molecule has 2 aromatic rings. The Morgan fingerprint density at radius 3 is 2.59 bits per heavy atom. The molecule has 0 radical (unpaired) electrons. The number of aryl methyl sites for hydroxylation is 1. The molecule has 1 unspecified atom stereocenters. The van der Waals surface area contributed by atoms with Gasteiger partial charge in [0.2, 0.25) is 5.91 Å². The van der Waals surface area contributed by atoms with Gasteiger partial charge < -0.3 is 9.88 Å². The minimum atomic E-state index is -4.52. The Hall–Kier alpha value is -1.96. The lowest BCUT2D eigenvalue weighted by Gasteiger charge is -2.16. The number of imidazole rings is 1. The molecule has 2 rings (SSSR count). The van der Waals surface area contributed by atoms with Crippen LogP contribution in [-0.2, 0) is 17.5 Å². The van der Waals surface area contributed by atoms with Crippen LogP contribution in [0.15, 0.2) is 29.4 Å². The summed E-state index contributed by atoms with van der Waals surface area (Å²) in [4.78, 5) is 17.0. The number of rotatable bonds is 7. The first kappa shape index (κ1) is 21.3. The molecule has 4 nitrogen and oxygen atoms in total. The van der Waals surface area contributed by atoms with E-state index in [-0.39, 0.29) is 5.69 Å². The zero-order valence-electron chi connectivity index (χ0n) is 15.9. The van der Waals surface area contributed by atoms with Gasteiger partial charge in [-0.2, -0.15) is 13.2 Å². The molecule has 1 aromatic carbocycles. The van der Waals surface area contributed by atoms with E-state index in [0.717, 1.165) is 36.8 Å². The molecule has 1 atom stereocenters. The number of aromatic nitrogens is 2. The second kappa shape index (κ2) is 8.82. The van der Waals surface area contributed by atoms with Crippen molar-refractivity contribution in [1.82, 2.24) is 9.55 Å². The number of benzene rings is 1. The summed E-state index contributed by atoms with van der Waals surface area (Å²) in [5.41, 5.74) is 0.848. The maximum absolute atomic E-state index is 13.1. The molecule has 27 heavy (non-hydrogen) atoms. The number of nitrogens with one attached hydrogen (secondary N) is 1. The molecule has 0 spiro atoms. The molecule has 1 N–H and O–H groups in total. The normalized spacial score (nSPS) is 12.9. The number of alkyl halides is 3. The maximum atomic E-state index is 13.1. The van der Waals surface area contributed by atoms with Gasteiger partial charge in [0.05, 0.1) is 22.2 Å². The van der Waals surface area contributed by atoms with Crippen molar-refractivity contribution in [3.05, 3.63) is 41.2 Å². The molecular weight excluding hydrogens is 375 g/mol. The van der Waals surface area contributed by atoms with Crippen molar-refractivity contribution in [1.29, 1.82) is 0 Å². The van der Waals surface area contributed by atoms with Crippen LogP contribution in [0.5, 0.6) is 0 Å². The van der Waals surface area contributed by atoms with Crippen LogP contribution in [0.1, 0.15) is 43.6 Å². The third-order valence-corrected chi connectivity index (χ3v) is 5.39. The topological polar surface area (TPSA) is 46.9 Å². The SMILES string of the molecule is CCCCn1c(SC(C)C(=O)Nc2ccccc2C(F)(F)F)nc(C)c1C. The van der Waals surface area contributed by atoms with Crippen LogP contribution >= 0.6 is 11.8 Å². The van der Waals surface area contributed by atoms with Crippen LogP contribution < -0.4 is 5.32 Å². The van der Waals surface area contributed by atoms with Crippen molar-refractivity contribution in [2.45, 2.75) is 63.7 Å². The summed E-state index contributed by atoms with van der Waals surface area (Å²) in [6.45, 7) is 8.45. The molecule has 0 saturated carbocycles. The quantitative estimate of drug-likeness (QED) is 0.631. The van der Waals surface area contributed by atoms with Gasteiger partial charge in [0.25, 0.3) is 0 Å². The number of anilines is 1. The highest BCUT2D eigenvalue weighted by Crippen LogP contribution is 2.35. The summed E-state index contributed by atoms with van der Waals surface area (Å²) in [7, 11) is 0. The molecule has 1 amide bonds. The fourth-order valence-corrected chi connectivity index (χ4v) is 3.61. The van der Waals surface area contributed by atoms with Crippen molar-refractivity contribution in [2.75, 3.05) is 5.32 Å². The average Bonchev–Trinajstić information content (AvgIpc) is 2.86. The molecule has 8 heteroatoms. The Balaban J connectivity index is 2.15. The lowest BCUT2D eigenvalue weighted by Crippen LogP contribution is -2.24. The Kier molecular flexibility index (Phi) is 6.97. The van der Waals surface area contributed by atoms with E-state index in [1.807, 2.05) is 13.8 Å². The number of amides is 1. The Morgan fingerprint density at radius 1 is 1.30 bits per heavy atom. The number of halogens is 3. The molecule has 0 aliphatic carbocycles. The molecule has 0 fully saturated rings. The minimum absolute atomic E-state index is 0.232.